The molecule has 2 unspecified atom stereocenters. The monoisotopic (exact) mass is 257 g/mol. The van der Waals surface area contributed by atoms with Crippen molar-refractivity contribution in [1.82, 2.24) is 0 Å². The van der Waals surface area contributed by atoms with E-state index in [1.165, 1.54) is 6.07 Å². The van der Waals surface area contributed by atoms with Crippen LogP contribution < -0.4 is 5.73 Å². The predicted molar refractivity (Wildman–Crippen MR) is 66.4 cm³/mol. The SMILES string of the molecule is NC1CCCCC1OCc1cccc(Cl)c1F. The molecule has 1 saturated carbocycles. The van der Waals surface area contributed by atoms with Crippen LogP contribution in [0.1, 0.15) is 31.2 Å². The van der Waals surface area contributed by atoms with E-state index in [9.17, 15) is 4.39 Å². The number of hydrogen-bond acceptors (Lipinski definition) is 2. The summed E-state index contributed by atoms with van der Waals surface area (Å²) < 4.78 is 19.3. The first-order valence-electron chi connectivity index (χ1n) is 5.98. The maximum absolute atomic E-state index is 13.6. The van der Waals surface area contributed by atoms with Crippen LogP contribution in [0.25, 0.3) is 0 Å². The third-order valence-corrected chi connectivity index (χ3v) is 3.53. The first-order valence-corrected chi connectivity index (χ1v) is 6.36. The van der Waals surface area contributed by atoms with Crippen molar-refractivity contribution in [3.8, 4) is 0 Å². The van der Waals surface area contributed by atoms with Gasteiger partial charge in [-0.3, -0.25) is 0 Å². The smallest absolute Gasteiger partial charge is 0.147 e. The molecule has 2 atom stereocenters. The zero-order valence-electron chi connectivity index (χ0n) is 9.66. The fourth-order valence-corrected chi connectivity index (χ4v) is 2.38. The molecule has 0 saturated heterocycles. The first-order chi connectivity index (χ1) is 8.18. The Balaban J connectivity index is 1.95. The van der Waals surface area contributed by atoms with Crippen LogP contribution in [-0.2, 0) is 11.3 Å². The maximum Gasteiger partial charge on any atom is 0.147 e. The summed E-state index contributed by atoms with van der Waals surface area (Å²) in [6, 6.07) is 5.03. The van der Waals surface area contributed by atoms with Crippen molar-refractivity contribution < 1.29 is 9.13 Å². The quantitative estimate of drug-likeness (QED) is 0.902. The second-order valence-electron chi connectivity index (χ2n) is 4.51. The van der Waals surface area contributed by atoms with Crippen LogP contribution in [0.15, 0.2) is 18.2 Å². The molecule has 1 aromatic rings. The van der Waals surface area contributed by atoms with Gasteiger partial charge in [0, 0.05) is 11.6 Å². The molecule has 94 valence electrons. The van der Waals surface area contributed by atoms with Crippen LogP contribution in [0.3, 0.4) is 0 Å². The lowest BCUT2D eigenvalue weighted by molar-refractivity contribution is 0.00289. The Morgan fingerprint density at radius 2 is 2.12 bits per heavy atom. The van der Waals surface area contributed by atoms with Crippen molar-refractivity contribution in [3.05, 3.63) is 34.6 Å². The van der Waals surface area contributed by atoms with Crippen LogP contribution in [0.4, 0.5) is 4.39 Å². The maximum atomic E-state index is 13.6. The van der Waals surface area contributed by atoms with Gasteiger partial charge in [0.15, 0.2) is 0 Å². The highest BCUT2D eigenvalue weighted by Gasteiger charge is 2.22. The van der Waals surface area contributed by atoms with E-state index in [2.05, 4.69) is 0 Å². The number of benzene rings is 1. The zero-order chi connectivity index (χ0) is 12.3. The number of hydrogen-bond donors (Lipinski definition) is 1. The Hall–Kier alpha value is -0.640. The van der Waals surface area contributed by atoms with Crippen molar-refractivity contribution in [2.75, 3.05) is 0 Å². The highest BCUT2D eigenvalue weighted by molar-refractivity contribution is 6.30. The minimum absolute atomic E-state index is 0.0436. The molecule has 1 aromatic carbocycles. The highest BCUT2D eigenvalue weighted by atomic mass is 35.5. The molecule has 4 heteroatoms. The summed E-state index contributed by atoms with van der Waals surface area (Å²) in [5, 5.41) is 0.138. The Morgan fingerprint density at radius 3 is 2.88 bits per heavy atom. The lowest BCUT2D eigenvalue weighted by atomic mass is 9.93. The van der Waals surface area contributed by atoms with E-state index in [-0.39, 0.29) is 23.8 Å². The van der Waals surface area contributed by atoms with E-state index in [1.54, 1.807) is 12.1 Å². The molecule has 0 aromatic heterocycles. The fraction of sp³-hybridized carbons (Fsp3) is 0.538. The molecule has 0 heterocycles. The third-order valence-electron chi connectivity index (χ3n) is 3.24. The largest absolute Gasteiger partial charge is 0.372 e. The summed E-state index contributed by atoms with van der Waals surface area (Å²) in [5.74, 6) is -0.390. The molecule has 0 aliphatic heterocycles. The second-order valence-corrected chi connectivity index (χ2v) is 4.92. The van der Waals surface area contributed by atoms with Crippen molar-refractivity contribution in [2.45, 2.75) is 44.4 Å². The summed E-state index contributed by atoms with van der Waals surface area (Å²) in [7, 11) is 0. The van der Waals surface area contributed by atoms with Crippen molar-refractivity contribution in [2.24, 2.45) is 5.73 Å². The lowest BCUT2D eigenvalue weighted by Gasteiger charge is -2.28. The van der Waals surface area contributed by atoms with Gasteiger partial charge in [-0.25, -0.2) is 4.39 Å². The standard InChI is InChI=1S/C13H17ClFNO/c14-10-5-3-4-9(13(10)15)8-17-12-7-2-1-6-11(12)16/h3-5,11-12H,1-2,6-8,16H2. The average molecular weight is 258 g/mol. The molecule has 0 spiro atoms. The summed E-state index contributed by atoms with van der Waals surface area (Å²) in [6.07, 6.45) is 4.29. The predicted octanol–water partition coefficient (Wildman–Crippen LogP) is 3.27. The molecule has 1 aliphatic rings. The van der Waals surface area contributed by atoms with Gasteiger partial charge in [-0.1, -0.05) is 36.6 Å². The van der Waals surface area contributed by atoms with E-state index >= 15 is 0 Å². The van der Waals surface area contributed by atoms with Gasteiger partial charge in [-0.05, 0) is 18.9 Å². The average Bonchev–Trinajstić information content (AvgIpc) is 2.33. The highest BCUT2D eigenvalue weighted by Crippen LogP contribution is 2.23. The van der Waals surface area contributed by atoms with Crippen LogP contribution in [0.5, 0.6) is 0 Å². The molecule has 1 aliphatic carbocycles. The van der Waals surface area contributed by atoms with Crippen LogP contribution in [0, 0.1) is 5.82 Å². The molecule has 17 heavy (non-hydrogen) atoms. The van der Waals surface area contributed by atoms with Crippen LogP contribution >= 0.6 is 11.6 Å². The summed E-state index contributed by atoms with van der Waals surface area (Å²) in [6.45, 7) is 0.241. The zero-order valence-corrected chi connectivity index (χ0v) is 10.4. The van der Waals surface area contributed by atoms with Gasteiger partial charge in [0.1, 0.15) is 5.82 Å². The fourth-order valence-electron chi connectivity index (χ4n) is 2.19. The van der Waals surface area contributed by atoms with Crippen molar-refractivity contribution in [3.63, 3.8) is 0 Å². The minimum atomic E-state index is -0.390. The molecular weight excluding hydrogens is 241 g/mol. The number of halogens is 2. The van der Waals surface area contributed by atoms with Gasteiger partial charge in [0.2, 0.25) is 0 Å². The van der Waals surface area contributed by atoms with Gasteiger partial charge in [-0.2, -0.15) is 0 Å². The van der Waals surface area contributed by atoms with E-state index in [1.807, 2.05) is 0 Å². The topological polar surface area (TPSA) is 35.2 Å². The third kappa shape index (κ3) is 3.18. The molecule has 0 radical (unpaired) electrons. The molecule has 0 bridgehead atoms. The number of rotatable bonds is 3. The minimum Gasteiger partial charge on any atom is -0.372 e. The van der Waals surface area contributed by atoms with Crippen molar-refractivity contribution >= 4 is 11.6 Å². The molecule has 2 rings (SSSR count). The van der Waals surface area contributed by atoms with Crippen molar-refractivity contribution in [1.29, 1.82) is 0 Å². The van der Waals surface area contributed by atoms with Gasteiger partial charge >= 0.3 is 0 Å². The Kier molecular flexibility index (Phi) is 4.37. The molecule has 2 nitrogen and oxygen atoms in total. The van der Waals surface area contributed by atoms with E-state index in [0.29, 0.717) is 5.56 Å². The van der Waals surface area contributed by atoms with Gasteiger partial charge in [0.25, 0.3) is 0 Å². The summed E-state index contributed by atoms with van der Waals surface area (Å²) >= 11 is 5.71. The normalized spacial score (nSPS) is 24.9. The molecular formula is C13H17ClFNO. The Bertz CT molecular complexity index is 386. The molecule has 0 amide bonds. The second kappa shape index (κ2) is 5.80. The van der Waals surface area contributed by atoms with E-state index in [0.717, 1.165) is 25.7 Å². The van der Waals surface area contributed by atoms with E-state index < -0.39 is 5.82 Å². The number of nitrogens with two attached hydrogens (primary N) is 1. The Morgan fingerprint density at radius 1 is 1.35 bits per heavy atom. The van der Waals surface area contributed by atoms with Crippen LogP contribution in [0.2, 0.25) is 5.02 Å². The van der Waals surface area contributed by atoms with E-state index in [4.69, 9.17) is 22.1 Å². The Labute approximate surface area is 106 Å². The number of ether oxygens (including phenoxy) is 1. The van der Waals surface area contributed by atoms with Gasteiger partial charge < -0.3 is 10.5 Å². The van der Waals surface area contributed by atoms with Crippen LogP contribution in [-0.4, -0.2) is 12.1 Å². The van der Waals surface area contributed by atoms with Gasteiger partial charge in [0.05, 0.1) is 17.7 Å². The summed E-state index contributed by atoms with van der Waals surface area (Å²) in [4.78, 5) is 0. The van der Waals surface area contributed by atoms with Gasteiger partial charge in [-0.15, -0.1) is 0 Å². The first kappa shape index (κ1) is 12.8. The summed E-state index contributed by atoms with van der Waals surface area (Å²) in [5.41, 5.74) is 6.46. The lowest BCUT2D eigenvalue weighted by Crippen LogP contribution is -2.39. The molecule has 1 fully saturated rings. The molecule has 2 N–H and O–H groups in total.